The minimum Gasteiger partial charge on any atom is -0.398 e. The number of hydrogen-bond donors (Lipinski definition) is 1. The van der Waals surface area contributed by atoms with Gasteiger partial charge in [0, 0.05) is 5.69 Å². The molecule has 0 saturated carbocycles. The Balaban J connectivity index is 2.37. The molecule has 0 saturated heterocycles. The van der Waals surface area contributed by atoms with Crippen LogP contribution in [0.25, 0.3) is 0 Å². The molecular weight excluding hydrogens is 190 g/mol. The molecule has 0 fully saturated rings. The fourth-order valence-electron chi connectivity index (χ4n) is 1.39. The van der Waals surface area contributed by atoms with Gasteiger partial charge in [0.05, 0.1) is 12.1 Å². The van der Waals surface area contributed by atoms with Crippen LogP contribution in [0.5, 0.6) is 0 Å². The van der Waals surface area contributed by atoms with Gasteiger partial charge in [-0.1, -0.05) is 12.1 Å². The Morgan fingerprint density at radius 2 is 2.07 bits per heavy atom. The largest absolute Gasteiger partial charge is 0.398 e. The number of aromatic nitrogens is 3. The number of nitrogens with zero attached hydrogens (tertiary/aromatic N) is 4. The van der Waals surface area contributed by atoms with Crippen LogP contribution >= 0.6 is 0 Å². The van der Waals surface area contributed by atoms with Crippen LogP contribution in [0.4, 0.5) is 5.69 Å². The second-order valence-corrected chi connectivity index (χ2v) is 3.13. The second kappa shape index (κ2) is 3.80. The molecule has 15 heavy (non-hydrogen) atoms. The molecule has 0 aliphatic rings. The lowest BCUT2D eigenvalue weighted by Crippen LogP contribution is -2.01. The van der Waals surface area contributed by atoms with Crippen molar-refractivity contribution in [1.29, 1.82) is 5.26 Å². The van der Waals surface area contributed by atoms with Gasteiger partial charge < -0.3 is 10.3 Å². The van der Waals surface area contributed by atoms with Gasteiger partial charge in [0.25, 0.3) is 0 Å². The summed E-state index contributed by atoms with van der Waals surface area (Å²) in [5.74, 6) is 0. The van der Waals surface area contributed by atoms with E-state index in [1.54, 1.807) is 23.3 Å². The van der Waals surface area contributed by atoms with Crippen LogP contribution < -0.4 is 5.73 Å². The molecule has 5 nitrogen and oxygen atoms in total. The van der Waals surface area contributed by atoms with Crippen molar-refractivity contribution >= 4 is 5.69 Å². The van der Waals surface area contributed by atoms with Crippen molar-refractivity contribution in [2.45, 2.75) is 6.54 Å². The predicted octanol–water partition coefficient (Wildman–Crippen LogP) is 0.780. The van der Waals surface area contributed by atoms with Crippen LogP contribution in [0.15, 0.2) is 30.9 Å². The van der Waals surface area contributed by atoms with Crippen molar-refractivity contribution in [3.63, 3.8) is 0 Å². The van der Waals surface area contributed by atoms with Gasteiger partial charge >= 0.3 is 0 Å². The molecule has 2 aromatic rings. The maximum Gasteiger partial charge on any atom is 0.119 e. The summed E-state index contributed by atoms with van der Waals surface area (Å²) in [5.41, 5.74) is 7.59. The van der Waals surface area contributed by atoms with Crippen molar-refractivity contribution in [2.24, 2.45) is 0 Å². The Kier molecular flexibility index (Phi) is 2.33. The van der Waals surface area contributed by atoms with Crippen molar-refractivity contribution in [1.82, 2.24) is 14.8 Å². The molecule has 74 valence electrons. The number of rotatable bonds is 2. The number of benzene rings is 1. The summed E-state index contributed by atoms with van der Waals surface area (Å²) in [5, 5.41) is 16.3. The highest BCUT2D eigenvalue weighted by Gasteiger charge is 2.05. The molecule has 1 aromatic heterocycles. The average molecular weight is 199 g/mol. The minimum absolute atomic E-state index is 0.503. The van der Waals surface area contributed by atoms with E-state index < -0.39 is 0 Å². The third-order valence-corrected chi connectivity index (χ3v) is 2.11. The number of nitrogen functional groups attached to an aromatic ring is 1. The number of nitrogens with two attached hydrogens (primary N) is 1. The maximum atomic E-state index is 8.96. The maximum absolute atomic E-state index is 8.96. The van der Waals surface area contributed by atoms with Crippen LogP contribution in [0.1, 0.15) is 11.1 Å². The Labute approximate surface area is 86.8 Å². The zero-order valence-corrected chi connectivity index (χ0v) is 7.96. The van der Waals surface area contributed by atoms with Gasteiger partial charge in [-0.25, -0.2) is 0 Å². The Morgan fingerprint density at radius 3 is 2.73 bits per heavy atom. The summed E-state index contributed by atoms with van der Waals surface area (Å²) in [6.45, 7) is 0.556. The van der Waals surface area contributed by atoms with Crippen molar-refractivity contribution in [3.8, 4) is 6.07 Å². The van der Waals surface area contributed by atoms with E-state index >= 15 is 0 Å². The fourth-order valence-corrected chi connectivity index (χ4v) is 1.39. The molecule has 0 atom stereocenters. The van der Waals surface area contributed by atoms with E-state index in [1.807, 2.05) is 12.1 Å². The van der Waals surface area contributed by atoms with Gasteiger partial charge in [-0.15, -0.1) is 10.2 Å². The molecule has 1 heterocycles. The Bertz CT molecular complexity index is 495. The highest BCUT2D eigenvalue weighted by molar-refractivity contribution is 5.57. The van der Waals surface area contributed by atoms with Crippen molar-refractivity contribution < 1.29 is 0 Å². The highest BCUT2D eigenvalue weighted by Crippen LogP contribution is 2.16. The molecule has 0 aliphatic heterocycles. The van der Waals surface area contributed by atoms with E-state index in [0.717, 1.165) is 5.56 Å². The van der Waals surface area contributed by atoms with E-state index in [-0.39, 0.29) is 0 Å². The lowest BCUT2D eigenvalue weighted by atomic mass is 10.1. The third kappa shape index (κ3) is 1.79. The van der Waals surface area contributed by atoms with Crippen LogP contribution in [-0.2, 0) is 6.54 Å². The summed E-state index contributed by atoms with van der Waals surface area (Å²) < 4.78 is 1.79. The second-order valence-electron chi connectivity index (χ2n) is 3.13. The molecule has 0 bridgehead atoms. The summed E-state index contributed by atoms with van der Waals surface area (Å²) in [7, 11) is 0. The zero-order valence-electron chi connectivity index (χ0n) is 7.96. The first-order valence-corrected chi connectivity index (χ1v) is 4.41. The van der Waals surface area contributed by atoms with Crippen molar-refractivity contribution in [2.75, 3.05) is 5.73 Å². The lowest BCUT2D eigenvalue weighted by molar-refractivity contribution is 0.792. The first kappa shape index (κ1) is 9.21. The molecule has 0 radical (unpaired) electrons. The van der Waals surface area contributed by atoms with Crippen molar-refractivity contribution in [3.05, 3.63) is 42.0 Å². The quantitative estimate of drug-likeness (QED) is 0.725. The molecule has 2 N–H and O–H groups in total. The van der Waals surface area contributed by atoms with E-state index in [2.05, 4.69) is 16.3 Å². The molecule has 0 amide bonds. The van der Waals surface area contributed by atoms with Gasteiger partial charge in [0.1, 0.15) is 18.7 Å². The van der Waals surface area contributed by atoms with Gasteiger partial charge in [-0.3, -0.25) is 0 Å². The van der Waals surface area contributed by atoms with Gasteiger partial charge in [0.15, 0.2) is 0 Å². The predicted molar refractivity (Wildman–Crippen MR) is 54.7 cm³/mol. The average Bonchev–Trinajstić information content (AvgIpc) is 2.71. The Hall–Kier alpha value is -2.35. The van der Waals surface area contributed by atoms with Gasteiger partial charge in [-0.2, -0.15) is 5.26 Å². The van der Waals surface area contributed by atoms with E-state index in [9.17, 15) is 0 Å². The van der Waals surface area contributed by atoms with E-state index in [4.69, 9.17) is 11.0 Å². The molecule has 5 heteroatoms. The number of anilines is 1. The Morgan fingerprint density at radius 1 is 1.33 bits per heavy atom. The smallest absolute Gasteiger partial charge is 0.119 e. The number of hydrogen-bond acceptors (Lipinski definition) is 4. The molecular formula is C10H9N5. The van der Waals surface area contributed by atoms with Crippen LogP contribution in [0.2, 0.25) is 0 Å². The lowest BCUT2D eigenvalue weighted by Gasteiger charge is -2.05. The van der Waals surface area contributed by atoms with E-state index in [1.165, 1.54) is 0 Å². The minimum atomic E-state index is 0.503. The summed E-state index contributed by atoms with van der Waals surface area (Å²) in [6, 6.07) is 7.51. The highest BCUT2D eigenvalue weighted by atomic mass is 15.2. The number of nitriles is 1. The first-order valence-electron chi connectivity index (χ1n) is 4.41. The van der Waals surface area contributed by atoms with Crippen LogP contribution in [-0.4, -0.2) is 14.8 Å². The first-order chi connectivity index (χ1) is 7.31. The normalized spacial score (nSPS) is 9.80. The topological polar surface area (TPSA) is 80.5 Å². The zero-order chi connectivity index (χ0) is 10.7. The standard InChI is InChI=1S/C10H9N5/c11-4-9-8(2-1-3-10(9)12)5-15-6-13-14-7-15/h1-3,6-7H,5,12H2. The molecule has 0 unspecified atom stereocenters. The summed E-state index contributed by atoms with van der Waals surface area (Å²) >= 11 is 0. The van der Waals surface area contributed by atoms with Crippen LogP contribution in [0.3, 0.4) is 0 Å². The molecule has 1 aromatic carbocycles. The van der Waals surface area contributed by atoms with Gasteiger partial charge in [-0.05, 0) is 11.6 Å². The van der Waals surface area contributed by atoms with Gasteiger partial charge in [0.2, 0.25) is 0 Å². The molecule has 0 spiro atoms. The fraction of sp³-hybridized carbons (Fsp3) is 0.100. The SMILES string of the molecule is N#Cc1c(N)cccc1Cn1cnnc1. The molecule has 0 aliphatic carbocycles. The monoisotopic (exact) mass is 199 g/mol. The van der Waals surface area contributed by atoms with E-state index in [0.29, 0.717) is 17.8 Å². The summed E-state index contributed by atoms with van der Waals surface area (Å²) in [4.78, 5) is 0. The summed E-state index contributed by atoms with van der Waals surface area (Å²) in [6.07, 6.45) is 3.20. The van der Waals surface area contributed by atoms with Crippen LogP contribution in [0, 0.1) is 11.3 Å². The third-order valence-electron chi connectivity index (χ3n) is 2.11. The molecule has 2 rings (SSSR count).